The Hall–Kier alpha value is -1.35. The van der Waals surface area contributed by atoms with Gasteiger partial charge in [-0.15, -0.1) is 0 Å². The monoisotopic (exact) mass is 219 g/mol. The smallest absolute Gasteiger partial charge is 0.308 e. The molecule has 0 aliphatic carbocycles. The second-order valence-electron chi connectivity index (χ2n) is 4.50. The van der Waals surface area contributed by atoms with Crippen molar-refractivity contribution in [1.82, 2.24) is 5.32 Å². The molecule has 3 nitrogen and oxygen atoms in total. The summed E-state index contributed by atoms with van der Waals surface area (Å²) in [5.74, 6) is -0.881. The SMILES string of the molecule is Cc1cccc([C@@H]2CNC[C@H]2C(=O)O)c1C. The van der Waals surface area contributed by atoms with Crippen molar-refractivity contribution in [2.24, 2.45) is 5.92 Å². The minimum absolute atomic E-state index is 0.109. The van der Waals surface area contributed by atoms with Crippen LogP contribution in [0.4, 0.5) is 0 Å². The summed E-state index contributed by atoms with van der Waals surface area (Å²) in [6.07, 6.45) is 0. The Kier molecular flexibility index (Phi) is 2.97. The van der Waals surface area contributed by atoms with Crippen LogP contribution >= 0.6 is 0 Å². The third-order valence-corrected chi connectivity index (χ3v) is 3.58. The molecule has 1 saturated heterocycles. The highest BCUT2D eigenvalue weighted by Crippen LogP contribution is 2.31. The summed E-state index contributed by atoms with van der Waals surface area (Å²) in [5.41, 5.74) is 3.63. The van der Waals surface area contributed by atoms with E-state index in [-0.39, 0.29) is 11.8 Å². The summed E-state index contributed by atoms with van der Waals surface area (Å²) in [6, 6.07) is 6.13. The van der Waals surface area contributed by atoms with Crippen molar-refractivity contribution in [3.8, 4) is 0 Å². The highest BCUT2D eigenvalue weighted by molar-refractivity contribution is 5.72. The van der Waals surface area contributed by atoms with Crippen molar-refractivity contribution >= 4 is 5.97 Å². The highest BCUT2D eigenvalue weighted by atomic mass is 16.4. The Balaban J connectivity index is 2.36. The van der Waals surface area contributed by atoms with Crippen molar-refractivity contribution in [1.29, 1.82) is 0 Å². The summed E-state index contributed by atoms with van der Waals surface area (Å²) < 4.78 is 0. The number of carboxylic acids is 1. The van der Waals surface area contributed by atoms with Gasteiger partial charge in [0.1, 0.15) is 0 Å². The van der Waals surface area contributed by atoms with Crippen LogP contribution < -0.4 is 5.32 Å². The maximum Gasteiger partial charge on any atom is 0.308 e. The lowest BCUT2D eigenvalue weighted by Crippen LogP contribution is -2.21. The molecule has 2 rings (SSSR count). The number of aliphatic carboxylic acids is 1. The maximum atomic E-state index is 11.1. The van der Waals surface area contributed by atoms with Gasteiger partial charge in [-0.05, 0) is 30.5 Å². The van der Waals surface area contributed by atoms with Crippen molar-refractivity contribution in [3.63, 3.8) is 0 Å². The molecule has 1 aliphatic rings. The van der Waals surface area contributed by atoms with E-state index in [9.17, 15) is 4.79 Å². The molecule has 1 aliphatic heterocycles. The molecular formula is C13H17NO2. The molecule has 1 aromatic carbocycles. The average Bonchev–Trinajstić information content (AvgIpc) is 2.70. The summed E-state index contributed by atoms with van der Waals surface area (Å²) in [7, 11) is 0. The standard InChI is InChI=1S/C13H17NO2/c1-8-4-3-5-10(9(8)2)11-6-14-7-12(11)13(15)16/h3-5,11-12,14H,6-7H2,1-2H3,(H,15,16)/t11-,12+/m0/s1. The van der Waals surface area contributed by atoms with Crippen LogP contribution in [0.2, 0.25) is 0 Å². The zero-order chi connectivity index (χ0) is 11.7. The van der Waals surface area contributed by atoms with E-state index in [4.69, 9.17) is 5.11 Å². The highest BCUT2D eigenvalue weighted by Gasteiger charge is 2.34. The minimum Gasteiger partial charge on any atom is -0.481 e. The Bertz CT molecular complexity index is 414. The Morgan fingerprint density at radius 2 is 2.12 bits per heavy atom. The van der Waals surface area contributed by atoms with Gasteiger partial charge in [0.25, 0.3) is 0 Å². The van der Waals surface area contributed by atoms with E-state index in [1.165, 1.54) is 16.7 Å². The van der Waals surface area contributed by atoms with Crippen LogP contribution in [0.15, 0.2) is 18.2 Å². The van der Waals surface area contributed by atoms with Crippen LogP contribution in [0.5, 0.6) is 0 Å². The lowest BCUT2D eigenvalue weighted by molar-refractivity contribution is -0.141. The molecule has 0 radical (unpaired) electrons. The van der Waals surface area contributed by atoms with Crippen molar-refractivity contribution in [2.45, 2.75) is 19.8 Å². The summed E-state index contributed by atoms with van der Waals surface area (Å²) in [6.45, 7) is 5.48. The van der Waals surface area contributed by atoms with E-state index in [0.717, 1.165) is 6.54 Å². The largest absolute Gasteiger partial charge is 0.481 e. The maximum absolute atomic E-state index is 11.1. The number of carboxylic acid groups (broad SMARTS) is 1. The topological polar surface area (TPSA) is 49.3 Å². The summed E-state index contributed by atoms with van der Waals surface area (Å²) in [5, 5.41) is 12.3. The van der Waals surface area contributed by atoms with E-state index < -0.39 is 5.97 Å². The number of carbonyl (C=O) groups is 1. The zero-order valence-electron chi connectivity index (χ0n) is 9.66. The first-order valence-electron chi connectivity index (χ1n) is 5.61. The van der Waals surface area contributed by atoms with E-state index in [0.29, 0.717) is 6.54 Å². The molecule has 0 spiro atoms. The van der Waals surface area contributed by atoms with Gasteiger partial charge in [-0.2, -0.15) is 0 Å². The molecular weight excluding hydrogens is 202 g/mol. The molecule has 1 fully saturated rings. The summed E-state index contributed by atoms with van der Waals surface area (Å²) >= 11 is 0. The normalized spacial score (nSPS) is 24.6. The summed E-state index contributed by atoms with van der Waals surface area (Å²) in [4.78, 5) is 11.1. The molecule has 16 heavy (non-hydrogen) atoms. The molecule has 3 heteroatoms. The predicted molar refractivity (Wildman–Crippen MR) is 62.7 cm³/mol. The first-order chi connectivity index (χ1) is 7.61. The molecule has 2 atom stereocenters. The van der Waals surface area contributed by atoms with E-state index in [1.807, 2.05) is 6.07 Å². The lowest BCUT2D eigenvalue weighted by atomic mass is 9.85. The molecule has 0 bridgehead atoms. The van der Waals surface area contributed by atoms with Crippen molar-refractivity contribution in [2.75, 3.05) is 13.1 Å². The third kappa shape index (κ3) is 1.83. The number of benzene rings is 1. The van der Waals surface area contributed by atoms with Crippen molar-refractivity contribution in [3.05, 3.63) is 34.9 Å². The molecule has 0 unspecified atom stereocenters. The van der Waals surface area contributed by atoms with E-state index >= 15 is 0 Å². The Morgan fingerprint density at radius 1 is 1.38 bits per heavy atom. The average molecular weight is 219 g/mol. The van der Waals surface area contributed by atoms with Crippen LogP contribution in [0, 0.1) is 19.8 Å². The zero-order valence-corrected chi connectivity index (χ0v) is 9.66. The fourth-order valence-electron chi connectivity index (χ4n) is 2.44. The van der Waals surface area contributed by atoms with Gasteiger partial charge in [0.2, 0.25) is 0 Å². The first kappa shape index (κ1) is 11.1. The van der Waals surface area contributed by atoms with Gasteiger partial charge in [0, 0.05) is 19.0 Å². The van der Waals surface area contributed by atoms with Crippen LogP contribution in [0.1, 0.15) is 22.6 Å². The third-order valence-electron chi connectivity index (χ3n) is 3.58. The first-order valence-corrected chi connectivity index (χ1v) is 5.61. The second kappa shape index (κ2) is 4.26. The minimum atomic E-state index is -0.698. The fraction of sp³-hybridized carbons (Fsp3) is 0.462. The van der Waals surface area contributed by atoms with Crippen LogP contribution in [-0.4, -0.2) is 24.2 Å². The van der Waals surface area contributed by atoms with Gasteiger partial charge in [0.05, 0.1) is 5.92 Å². The number of aryl methyl sites for hydroxylation is 1. The van der Waals surface area contributed by atoms with Crippen LogP contribution in [0.3, 0.4) is 0 Å². The Labute approximate surface area is 95.5 Å². The second-order valence-corrected chi connectivity index (χ2v) is 4.50. The Morgan fingerprint density at radius 3 is 2.81 bits per heavy atom. The van der Waals surface area contributed by atoms with Gasteiger partial charge in [-0.3, -0.25) is 4.79 Å². The quantitative estimate of drug-likeness (QED) is 0.795. The van der Waals surface area contributed by atoms with Gasteiger partial charge in [-0.25, -0.2) is 0 Å². The molecule has 0 aromatic heterocycles. The molecule has 0 saturated carbocycles. The van der Waals surface area contributed by atoms with E-state index in [1.54, 1.807) is 0 Å². The molecule has 86 valence electrons. The van der Waals surface area contributed by atoms with Gasteiger partial charge in [-0.1, -0.05) is 18.2 Å². The van der Waals surface area contributed by atoms with Gasteiger partial charge < -0.3 is 10.4 Å². The predicted octanol–water partition coefficient (Wildman–Crippen LogP) is 1.69. The van der Waals surface area contributed by atoms with E-state index in [2.05, 4.69) is 31.3 Å². The fourth-order valence-corrected chi connectivity index (χ4v) is 2.44. The van der Waals surface area contributed by atoms with Gasteiger partial charge in [0.15, 0.2) is 0 Å². The lowest BCUT2D eigenvalue weighted by Gasteiger charge is -2.18. The molecule has 0 amide bonds. The number of hydrogen-bond donors (Lipinski definition) is 2. The van der Waals surface area contributed by atoms with Gasteiger partial charge >= 0.3 is 5.97 Å². The molecule has 2 N–H and O–H groups in total. The number of hydrogen-bond acceptors (Lipinski definition) is 2. The molecule has 1 heterocycles. The number of nitrogens with one attached hydrogen (secondary N) is 1. The van der Waals surface area contributed by atoms with Crippen molar-refractivity contribution < 1.29 is 9.90 Å². The number of rotatable bonds is 2. The molecule has 1 aromatic rings. The van der Waals surface area contributed by atoms with Crippen LogP contribution in [-0.2, 0) is 4.79 Å². The van der Waals surface area contributed by atoms with Crippen LogP contribution in [0.25, 0.3) is 0 Å².